The van der Waals surface area contributed by atoms with Gasteiger partial charge in [-0.05, 0) is 75.0 Å². The molecule has 1 N–H and O–H groups in total. The van der Waals surface area contributed by atoms with Gasteiger partial charge in [-0.2, -0.15) is 0 Å². The van der Waals surface area contributed by atoms with Crippen molar-refractivity contribution in [3.05, 3.63) is 78.5 Å². The van der Waals surface area contributed by atoms with Crippen LogP contribution in [0.2, 0.25) is 0 Å². The summed E-state index contributed by atoms with van der Waals surface area (Å²) >= 11 is 0. The molecule has 0 atom stereocenters. The molecule has 0 fully saturated rings. The summed E-state index contributed by atoms with van der Waals surface area (Å²) in [6.07, 6.45) is 11.0. The third kappa shape index (κ3) is 4.20. The van der Waals surface area contributed by atoms with Crippen LogP contribution in [0.3, 0.4) is 0 Å². The molecule has 0 spiro atoms. The van der Waals surface area contributed by atoms with Gasteiger partial charge in [0.2, 0.25) is 0 Å². The summed E-state index contributed by atoms with van der Waals surface area (Å²) in [5, 5.41) is 11.4. The number of nitrogens with one attached hydrogen (secondary N) is 1. The zero-order valence-corrected chi connectivity index (χ0v) is 18.3. The first-order valence-electron chi connectivity index (χ1n) is 11.7. The Kier molecular flexibility index (Phi) is 5.71. The second kappa shape index (κ2) is 8.93. The van der Waals surface area contributed by atoms with Crippen LogP contribution in [0.4, 0.5) is 11.5 Å². The minimum Gasteiger partial charge on any atom is -0.340 e. The van der Waals surface area contributed by atoms with Gasteiger partial charge in [0.1, 0.15) is 5.82 Å². The van der Waals surface area contributed by atoms with Crippen molar-refractivity contribution in [1.82, 2.24) is 4.98 Å². The Bertz CT molecular complexity index is 1240. The third-order valence-electron chi connectivity index (χ3n) is 6.38. The molecule has 1 aromatic heterocycles. The number of aromatic nitrogens is 1. The number of pyridine rings is 1. The van der Waals surface area contributed by atoms with Crippen LogP contribution in [0.5, 0.6) is 0 Å². The van der Waals surface area contributed by atoms with Gasteiger partial charge in [0.05, 0.1) is 0 Å². The topological polar surface area (TPSA) is 24.9 Å². The Morgan fingerprint density at radius 3 is 2.06 bits per heavy atom. The van der Waals surface area contributed by atoms with E-state index >= 15 is 0 Å². The van der Waals surface area contributed by atoms with Gasteiger partial charge in [0.25, 0.3) is 0 Å². The first-order chi connectivity index (χ1) is 15.3. The Balaban J connectivity index is 1.36. The molecule has 0 amide bonds. The average Bonchev–Trinajstić information content (AvgIpc) is 2.80. The maximum atomic E-state index is 4.57. The average molecular weight is 407 g/mol. The first-order valence-corrected chi connectivity index (χ1v) is 11.7. The molecule has 0 saturated heterocycles. The Morgan fingerprint density at radius 1 is 0.677 bits per heavy atom. The maximum absolute atomic E-state index is 4.57. The number of nitrogens with zero attached hydrogens (tertiary/aromatic N) is 1. The van der Waals surface area contributed by atoms with E-state index in [1.165, 1.54) is 76.4 Å². The van der Waals surface area contributed by atoms with Gasteiger partial charge in [-0.1, -0.05) is 81.5 Å². The van der Waals surface area contributed by atoms with Gasteiger partial charge in [-0.15, -0.1) is 0 Å². The molecule has 4 aromatic carbocycles. The van der Waals surface area contributed by atoms with E-state index in [1.54, 1.807) is 0 Å². The normalized spacial score (nSPS) is 11.6. The SMILES string of the molecule is CCCCCCCCc1ccnc(Nc2cc3ccc4cccc5ccc(c2)c3c45)c1. The van der Waals surface area contributed by atoms with E-state index in [0.717, 1.165) is 17.9 Å². The summed E-state index contributed by atoms with van der Waals surface area (Å²) in [4.78, 5) is 4.57. The van der Waals surface area contributed by atoms with Crippen LogP contribution in [-0.4, -0.2) is 4.98 Å². The number of rotatable bonds is 9. The molecule has 0 aliphatic rings. The van der Waals surface area contributed by atoms with Crippen molar-refractivity contribution in [3.63, 3.8) is 0 Å². The van der Waals surface area contributed by atoms with E-state index in [9.17, 15) is 0 Å². The van der Waals surface area contributed by atoms with Crippen molar-refractivity contribution in [2.24, 2.45) is 0 Å². The van der Waals surface area contributed by atoms with Crippen molar-refractivity contribution in [1.29, 1.82) is 0 Å². The van der Waals surface area contributed by atoms with E-state index in [0.29, 0.717) is 0 Å². The first kappa shape index (κ1) is 19.8. The molecular formula is C29H30N2. The number of aryl methyl sites for hydroxylation is 1. The third-order valence-corrected chi connectivity index (χ3v) is 6.38. The largest absolute Gasteiger partial charge is 0.340 e. The summed E-state index contributed by atoms with van der Waals surface area (Å²) in [6.45, 7) is 2.27. The highest BCUT2D eigenvalue weighted by molar-refractivity contribution is 6.23. The fraction of sp³-hybridized carbons (Fsp3) is 0.276. The summed E-state index contributed by atoms with van der Waals surface area (Å²) in [5.41, 5.74) is 2.46. The Labute approximate surface area is 184 Å². The second-order valence-corrected chi connectivity index (χ2v) is 8.70. The van der Waals surface area contributed by atoms with Crippen LogP contribution in [0, 0.1) is 0 Å². The predicted octanol–water partition coefficient (Wildman–Crippen LogP) is 8.63. The van der Waals surface area contributed by atoms with E-state index < -0.39 is 0 Å². The number of unbranched alkanes of at least 4 members (excludes halogenated alkanes) is 5. The molecule has 5 rings (SSSR count). The molecule has 5 aromatic rings. The van der Waals surface area contributed by atoms with E-state index in [-0.39, 0.29) is 0 Å². The molecular weight excluding hydrogens is 376 g/mol. The highest BCUT2D eigenvalue weighted by atomic mass is 15.0. The number of anilines is 2. The fourth-order valence-corrected chi connectivity index (χ4v) is 4.78. The van der Waals surface area contributed by atoms with Gasteiger partial charge in [-0.25, -0.2) is 4.98 Å². The smallest absolute Gasteiger partial charge is 0.130 e. The zero-order valence-electron chi connectivity index (χ0n) is 18.3. The van der Waals surface area contributed by atoms with Crippen molar-refractivity contribution < 1.29 is 0 Å². The van der Waals surface area contributed by atoms with Crippen LogP contribution in [0.25, 0.3) is 32.3 Å². The lowest BCUT2D eigenvalue weighted by Gasteiger charge is -2.13. The number of benzene rings is 4. The number of hydrogen-bond acceptors (Lipinski definition) is 2. The maximum Gasteiger partial charge on any atom is 0.130 e. The summed E-state index contributed by atoms with van der Waals surface area (Å²) < 4.78 is 0. The molecule has 2 nitrogen and oxygen atoms in total. The van der Waals surface area contributed by atoms with E-state index in [2.05, 4.69) is 84.0 Å². The highest BCUT2D eigenvalue weighted by Crippen LogP contribution is 2.36. The summed E-state index contributed by atoms with van der Waals surface area (Å²) in [6, 6.07) is 24.3. The Hall–Kier alpha value is -3.13. The summed E-state index contributed by atoms with van der Waals surface area (Å²) in [7, 11) is 0. The molecule has 0 aliphatic heterocycles. The predicted molar refractivity (Wildman–Crippen MR) is 135 cm³/mol. The Morgan fingerprint density at radius 2 is 1.32 bits per heavy atom. The highest BCUT2D eigenvalue weighted by Gasteiger charge is 2.09. The van der Waals surface area contributed by atoms with Gasteiger partial charge >= 0.3 is 0 Å². The lowest BCUT2D eigenvalue weighted by atomic mass is 9.94. The molecule has 156 valence electrons. The van der Waals surface area contributed by atoms with Crippen LogP contribution in [0.15, 0.2) is 72.9 Å². The zero-order chi connectivity index (χ0) is 21.0. The van der Waals surface area contributed by atoms with Crippen LogP contribution >= 0.6 is 0 Å². The van der Waals surface area contributed by atoms with Gasteiger partial charge < -0.3 is 5.32 Å². The van der Waals surface area contributed by atoms with Gasteiger partial charge in [-0.3, -0.25) is 0 Å². The van der Waals surface area contributed by atoms with Crippen LogP contribution < -0.4 is 5.32 Å². The molecule has 0 aliphatic carbocycles. The van der Waals surface area contributed by atoms with Crippen LogP contribution in [0.1, 0.15) is 51.0 Å². The van der Waals surface area contributed by atoms with Crippen molar-refractivity contribution in [3.8, 4) is 0 Å². The lowest BCUT2D eigenvalue weighted by molar-refractivity contribution is 0.607. The van der Waals surface area contributed by atoms with Crippen LogP contribution in [-0.2, 0) is 6.42 Å². The van der Waals surface area contributed by atoms with Crippen molar-refractivity contribution in [2.45, 2.75) is 51.9 Å². The van der Waals surface area contributed by atoms with E-state index in [1.807, 2.05) is 6.20 Å². The molecule has 0 bridgehead atoms. The molecule has 31 heavy (non-hydrogen) atoms. The second-order valence-electron chi connectivity index (χ2n) is 8.70. The molecule has 0 saturated carbocycles. The quantitative estimate of drug-likeness (QED) is 0.196. The lowest BCUT2D eigenvalue weighted by Crippen LogP contribution is -1.96. The fourth-order valence-electron chi connectivity index (χ4n) is 4.78. The summed E-state index contributed by atoms with van der Waals surface area (Å²) in [5.74, 6) is 0.927. The van der Waals surface area contributed by atoms with E-state index in [4.69, 9.17) is 0 Å². The minimum absolute atomic E-state index is 0.927. The van der Waals surface area contributed by atoms with Crippen molar-refractivity contribution >= 4 is 43.8 Å². The standard InChI is InChI=1S/C29H30N2/c1-2-3-4-5-6-7-9-21-16-17-30-27(18-21)31-26-19-24-14-12-22-10-8-11-23-13-15-25(20-26)29(24)28(22)23/h8,10-20H,2-7,9H2,1H3,(H,30,31). The molecule has 0 radical (unpaired) electrons. The molecule has 0 unspecified atom stereocenters. The van der Waals surface area contributed by atoms with Crippen molar-refractivity contribution in [2.75, 3.05) is 5.32 Å². The minimum atomic E-state index is 0.927. The molecule has 2 heteroatoms. The monoisotopic (exact) mass is 406 g/mol. The number of hydrogen-bond donors (Lipinski definition) is 1. The van der Waals surface area contributed by atoms with Gasteiger partial charge in [0.15, 0.2) is 0 Å². The van der Waals surface area contributed by atoms with Gasteiger partial charge in [0, 0.05) is 11.9 Å². The molecule has 1 heterocycles.